The molecule has 7 nitrogen and oxygen atoms in total. The van der Waals surface area contributed by atoms with Crippen LogP contribution in [0.15, 0.2) is 76.5 Å². The summed E-state index contributed by atoms with van der Waals surface area (Å²) in [4.78, 5) is 25.8. The van der Waals surface area contributed by atoms with E-state index in [1.807, 2.05) is 61.5 Å². The minimum atomic E-state index is -2.50. The van der Waals surface area contributed by atoms with Crippen LogP contribution in [0, 0.1) is 0 Å². The van der Waals surface area contributed by atoms with Crippen molar-refractivity contribution in [3.8, 4) is 0 Å². The Labute approximate surface area is 249 Å². The van der Waals surface area contributed by atoms with Gasteiger partial charge in [-0.2, -0.15) is 4.68 Å². The zero-order chi connectivity index (χ0) is 33.2. The van der Waals surface area contributed by atoms with Crippen LogP contribution >= 0.6 is 0 Å². The Balaban J connectivity index is 0. The molecule has 1 aromatic carbocycles. The lowest BCUT2D eigenvalue weighted by Crippen LogP contribution is -2.24. The topological polar surface area (TPSA) is 89.2 Å². The van der Waals surface area contributed by atoms with Crippen LogP contribution in [0.3, 0.4) is 0 Å². The van der Waals surface area contributed by atoms with Crippen LogP contribution in [-0.2, 0) is 7.05 Å². The molecule has 0 fully saturated rings. The van der Waals surface area contributed by atoms with Crippen molar-refractivity contribution in [3.05, 3.63) is 93.2 Å². The smallest absolute Gasteiger partial charge is 0.279 e. The summed E-state index contributed by atoms with van der Waals surface area (Å²) < 4.78 is 24.7. The van der Waals surface area contributed by atoms with Crippen molar-refractivity contribution in [2.24, 2.45) is 7.05 Å². The second-order valence-corrected chi connectivity index (χ2v) is 8.88. The van der Waals surface area contributed by atoms with Crippen LogP contribution in [-0.4, -0.2) is 25.4 Å². The van der Waals surface area contributed by atoms with Crippen LogP contribution < -0.4 is 16.4 Å². The zero-order valence-corrected chi connectivity index (χ0v) is 27.3. The van der Waals surface area contributed by atoms with E-state index in [1.54, 1.807) is 62.7 Å². The monoisotopic (exact) mass is 588 g/mol. The molecule has 2 aromatic heterocycles. The normalized spacial score (nSPS) is 11.1. The van der Waals surface area contributed by atoms with E-state index in [2.05, 4.69) is 17.0 Å². The van der Waals surface area contributed by atoms with Crippen LogP contribution in [0.25, 0.3) is 16.5 Å². The summed E-state index contributed by atoms with van der Waals surface area (Å²) in [7, 11) is 1.66. The van der Waals surface area contributed by atoms with Gasteiger partial charge in [0.1, 0.15) is 5.69 Å². The number of alkyl halides is 2. The van der Waals surface area contributed by atoms with Crippen molar-refractivity contribution >= 4 is 28.0 Å². The molecule has 42 heavy (non-hydrogen) atoms. The average molecular weight is 589 g/mol. The Morgan fingerprint density at radius 3 is 2.02 bits per heavy atom. The number of halogens is 2. The second kappa shape index (κ2) is 20.1. The molecule has 0 spiro atoms. The SMILES string of the molecule is C=C/C(=C\C=C(C)C)n1nc(Nc2cccn(C)c2=O)c2ccc(C(C)O)cc2c1=O.CC.CC.CC.CC(C)(F)F. The zero-order valence-electron chi connectivity index (χ0n) is 27.3. The highest BCUT2D eigenvalue weighted by Crippen LogP contribution is 2.25. The molecule has 0 aliphatic rings. The summed E-state index contributed by atoms with van der Waals surface area (Å²) in [5, 5.41) is 18.5. The van der Waals surface area contributed by atoms with Crippen LogP contribution in [0.4, 0.5) is 20.3 Å². The van der Waals surface area contributed by atoms with Crippen molar-refractivity contribution < 1.29 is 13.9 Å². The summed E-state index contributed by atoms with van der Waals surface area (Å²) in [6.45, 7) is 23.0. The minimum absolute atomic E-state index is 0.222. The lowest BCUT2D eigenvalue weighted by atomic mass is 10.1. The molecule has 1 atom stereocenters. The maximum Gasteiger partial charge on any atom is 0.279 e. The van der Waals surface area contributed by atoms with E-state index in [0.717, 1.165) is 19.4 Å². The van der Waals surface area contributed by atoms with Crippen LogP contribution in [0.2, 0.25) is 0 Å². The van der Waals surface area contributed by atoms with Crippen LogP contribution in [0.5, 0.6) is 0 Å². The molecular weight excluding hydrogens is 538 g/mol. The number of pyridine rings is 1. The highest BCUT2D eigenvalue weighted by atomic mass is 19.3. The van der Waals surface area contributed by atoms with Crippen LogP contribution in [0.1, 0.15) is 87.8 Å². The summed E-state index contributed by atoms with van der Waals surface area (Å²) in [6.07, 6.45) is 6.09. The summed E-state index contributed by atoms with van der Waals surface area (Å²) in [5.74, 6) is -2.15. The number of nitrogens with one attached hydrogen (secondary N) is 1. The Hall–Kier alpha value is -3.85. The summed E-state index contributed by atoms with van der Waals surface area (Å²) in [6, 6.07) is 8.51. The standard InChI is InChI=1S/C24H26N4O3.C3H6F2.3C2H6/c1-6-18(11-9-15(2)3)28-23(30)20-14-17(16(4)29)10-12-19(20)22(26-28)25-21-8-7-13-27(5)24(21)31;1-3(2,4)5;3*1-2/h6-14,16,29H,1H2,2-5H3,(H,25,26);1-2H3;3*1-2H3/b18-11+;;;;. The van der Waals surface area contributed by atoms with E-state index in [9.17, 15) is 23.5 Å². The Bertz CT molecular complexity index is 1420. The van der Waals surface area contributed by atoms with Crippen molar-refractivity contribution in [1.29, 1.82) is 0 Å². The highest BCUT2D eigenvalue weighted by Gasteiger charge is 2.15. The Morgan fingerprint density at radius 1 is 1.00 bits per heavy atom. The fourth-order valence-corrected chi connectivity index (χ4v) is 3.08. The first-order valence-corrected chi connectivity index (χ1v) is 14.3. The predicted molar refractivity (Wildman–Crippen MR) is 176 cm³/mol. The number of rotatable bonds is 6. The molecule has 0 amide bonds. The van der Waals surface area contributed by atoms with E-state index >= 15 is 0 Å². The third kappa shape index (κ3) is 13.2. The lowest BCUT2D eigenvalue weighted by Gasteiger charge is -2.14. The third-order valence-electron chi connectivity index (χ3n) is 4.82. The summed E-state index contributed by atoms with van der Waals surface area (Å²) in [5.41, 5.74) is 1.90. The first kappa shape index (κ1) is 40.3. The van der Waals surface area contributed by atoms with Gasteiger partial charge in [-0.3, -0.25) is 9.59 Å². The molecule has 0 radical (unpaired) electrons. The van der Waals surface area contributed by atoms with Crippen molar-refractivity contribution in [2.75, 3.05) is 5.32 Å². The van der Waals surface area contributed by atoms with Gasteiger partial charge in [-0.05, 0) is 70.5 Å². The molecule has 0 saturated carbocycles. The molecule has 234 valence electrons. The Morgan fingerprint density at radius 2 is 1.55 bits per heavy atom. The number of nitrogens with zero attached hydrogens (tertiary/aromatic N) is 3. The number of aryl methyl sites for hydroxylation is 1. The maximum atomic E-state index is 13.3. The van der Waals surface area contributed by atoms with Gasteiger partial charge in [0.05, 0.1) is 17.2 Å². The average Bonchev–Trinajstić information content (AvgIpc) is 2.95. The summed E-state index contributed by atoms with van der Waals surface area (Å²) >= 11 is 0. The minimum Gasteiger partial charge on any atom is -0.389 e. The van der Waals surface area contributed by atoms with Gasteiger partial charge in [0.2, 0.25) is 5.92 Å². The number of aromatic nitrogens is 3. The fourth-order valence-electron chi connectivity index (χ4n) is 3.08. The number of hydrogen-bond donors (Lipinski definition) is 2. The molecule has 0 aliphatic carbocycles. The largest absolute Gasteiger partial charge is 0.389 e. The quantitative estimate of drug-likeness (QED) is 0.281. The third-order valence-corrected chi connectivity index (χ3v) is 4.82. The van der Waals surface area contributed by atoms with Gasteiger partial charge in [0.25, 0.3) is 11.1 Å². The number of aliphatic hydroxyl groups is 1. The first-order valence-electron chi connectivity index (χ1n) is 14.3. The Kier molecular flexibility index (Phi) is 19.3. The fraction of sp³-hybridized carbons (Fsp3) is 0.424. The van der Waals surface area contributed by atoms with E-state index in [0.29, 0.717) is 33.5 Å². The number of fused-ring (bicyclic) bond motifs is 1. The molecular formula is C33H50F2N4O3. The molecule has 0 saturated heterocycles. The maximum absolute atomic E-state index is 13.3. The van der Waals surface area contributed by atoms with Gasteiger partial charge in [0.15, 0.2) is 5.82 Å². The molecule has 0 aliphatic heterocycles. The molecule has 2 heterocycles. The number of anilines is 2. The van der Waals surface area contributed by atoms with E-state index in [-0.39, 0.29) is 11.1 Å². The molecule has 0 bridgehead atoms. The highest BCUT2D eigenvalue weighted by molar-refractivity contribution is 5.93. The van der Waals surface area contributed by atoms with Gasteiger partial charge >= 0.3 is 0 Å². The number of allylic oxidation sites excluding steroid dienone is 5. The first-order chi connectivity index (χ1) is 19.7. The lowest BCUT2D eigenvalue weighted by molar-refractivity contribution is 0.0437. The van der Waals surface area contributed by atoms with Crippen molar-refractivity contribution in [3.63, 3.8) is 0 Å². The number of hydrogen-bond acceptors (Lipinski definition) is 5. The van der Waals surface area contributed by atoms with E-state index < -0.39 is 12.0 Å². The molecule has 9 heteroatoms. The van der Waals surface area contributed by atoms with Crippen molar-refractivity contribution in [2.45, 2.75) is 88.2 Å². The van der Waals surface area contributed by atoms with E-state index in [4.69, 9.17) is 0 Å². The molecule has 2 N–H and O–H groups in total. The van der Waals surface area contributed by atoms with Crippen molar-refractivity contribution in [1.82, 2.24) is 14.3 Å². The second-order valence-electron chi connectivity index (χ2n) is 8.88. The van der Waals surface area contributed by atoms with Gasteiger partial charge < -0.3 is 15.0 Å². The van der Waals surface area contributed by atoms with Gasteiger partial charge in [0, 0.05) is 18.6 Å². The van der Waals surface area contributed by atoms with Gasteiger partial charge in [-0.1, -0.05) is 71.9 Å². The molecule has 3 aromatic rings. The predicted octanol–water partition coefficient (Wildman–Crippen LogP) is 8.63. The van der Waals surface area contributed by atoms with E-state index in [1.165, 1.54) is 9.25 Å². The molecule has 3 rings (SSSR count). The number of aliphatic hydroxyl groups excluding tert-OH is 1. The van der Waals surface area contributed by atoms with Gasteiger partial charge in [-0.15, -0.1) is 5.10 Å². The van der Waals surface area contributed by atoms with Gasteiger partial charge in [-0.25, -0.2) is 8.78 Å². The molecule has 1 unspecified atom stereocenters. The number of benzene rings is 1.